The van der Waals surface area contributed by atoms with Crippen LogP contribution in [0.25, 0.3) is 10.2 Å². The van der Waals surface area contributed by atoms with Crippen molar-refractivity contribution in [3.63, 3.8) is 0 Å². The number of carbonyl (C=O) groups excluding carboxylic acids is 1. The van der Waals surface area contributed by atoms with E-state index in [1.54, 1.807) is 17.0 Å². The van der Waals surface area contributed by atoms with E-state index in [9.17, 15) is 14.9 Å². The van der Waals surface area contributed by atoms with Gasteiger partial charge in [0.15, 0.2) is 5.13 Å². The Labute approximate surface area is 183 Å². The standard InChI is InChI=1S/C22H22N4O4S/c27-21(14-7-10-17(23-15-8-9-15)19(12-14)26(28)29)25(13-16-4-3-11-30-16)22-24-18-5-1-2-6-20(18)31-22/h1-2,5-7,10,12,15-16,23H,3-4,8-9,11,13H2/t16-/m0/s1. The number of rotatable bonds is 7. The summed E-state index contributed by atoms with van der Waals surface area (Å²) in [5.41, 5.74) is 1.46. The number of fused-ring (bicyclic) bond motifs is 1. The first-order chi connectivity index (χ1) is 15.1. The smallest absolute Gasteiger partial charge is 0.293 e. The summed E-state index contributed by atoms with van der Waals surface area (Å²) in [5.74, 6) is -0.310. The lowest BCUT2D eigenvalue weighted by molar-refractivity contribution is -0.384. The maximum Gasteiger partial charge on any atom is 0.293 e. The average molecular weight is 439 g/mol. The van der Waals surface area contributed by atoms with E-state index in [2.05, 4.69) is 10.3 Å². The second kappa shape index (κ2) is 8.24. The van der Waals surface area contributed by atoms with Crippen LogP contribution in [0.3, 0.4) is 0 Å². The zero-order chi connectivity index (χ0) is 21.4. The fourth-order valence-electron chi connectivity index (χ4n) is 3.76. The molecule has 1 saturated heterocycles. The Bertz CT molecular complexity index is 1100. The van der Waals surface area contributed by atoms with Gasteiger partial charge in [-0.3, -0.25) is 19.8 Å². The number of nitro benzene ring substituents is 1. The normalized spacial score (nSPS) is 18.3. The molecule has 160 valence electrons. The van der Waals surface area contributed by atoms with Gasteiger partial charge in [-0.1, -0.05) is 23.5 Å². The summed E-state index contributed by atoms with van der Waals surface area (Å²) >= 11 is 1.43. The first-order valence-electron chi connectivity index (χ1n) is 10.4. The van der Waals surface area contributed by atoms with Crippen LogP contribution in [-0.4, -0.2) is 41.1 Å². The van der Waals surface area contributed by atoms with Crippen molar-refractivity contribution in [1.82, 2.24) is 4.98 Å². The third-order valence-corrected chi connectivity index (χ3v) is 6.61. The maximum atomic E-state index is 13.5. The Morgan fingerprint density at radius 2 is 2.10 bits per heavy atom. The van der Waals surface area contributed by atoms with E-state index in [0.717, 1.165) is 35.9 Å². The summed E-state index contributed by atoms with van der Waals surface area (Å²) in [5, 5.41) is 15.4. The van der Waals surface area contributed by atoms with E-state index >= 15 is 0 Å². The first-order valence-corrected chi connectivity index (χ1v) is 11.2. The van der Waals surface area contributed by atoms with Crippen LogP contribution in [0.1, 0.15) is 36.0 Å². The van der Waals surface area contributed by atoms with Gasteiger partial charge in [0, 0.05) is 24.3 Å². The van der Waals surface area contributed by atoms with Gasteiger partial charge in [0.2, 0.25) is 0 Å². The zero-order valence-electron chi connectivity index (χ0n) is 16.8. The first kappa shape index (κ1) is 19.9. The van der Waals surface area contributed by atoms with E-state index in [1.165, 1.54) is 17.4 Å². The Morgan fingerprint density at radius 3 is 2.81 bits per heavy atom. The molecule has 2 heterocycles. The van der Waals surface area contributed by atoms with E-state index < -0.39 is 4.92 Å². The number of carbonyl (C=O) groups is 1. The zero-order valence-corrected chi connectivity index (χ0v) is 17.6. The number of nitro groups is 1. The van der Waals surface area contributed by atoms with Crippen molar-refractivity contribution in [2.45, 2.75) is 37.8 Å². The van der Waals surface area contributed by atoms with Crippen molar-refractivity contribution in [2.24, 2.45) is 0 Å². The van der Waals surface area contributed by atoms with E-state index in [4.69, 9.17) is 4.74 Å². The van der Waals surface area contributed by atoms with Crippen LogP contribution in [0, 0.1) is 10.1 Å². The van der Waals surface area contributed by atoms with E-state index in [-0.39, 0.29) is 29.3 Å². The Hall–Kier alpha value is -3.04. The van der Waals surface area contributed by atoms with Gasteiger partial charge >= 0.3 is 0 Å². The largest absolute Gasteiger partial charge is 0.377 e. The van der Waals surface area contributed by atoms with Crippen molar-refractivity contribution in [3.05, 3.63) is 58.1 Å². The lowest BCUT2D eigenvalue weighted by Crippen LogP contribution is -2.37. The molecule has 0 spiro atoms. The highest BCUT2D eigenvalue weighted by Crippen LogP contribution is 2.34. The number of anilines is 2. The summed E-state index contributed by atoms with van der Waals surface area (Å²) in [6.45, 7) is 1.05. The monoisotopic (exact) mass is 438 g/mol. The highest BCUT2D eigenvalue weighted by atomic mass is 32.1. The Balaban J connectivity index is 1.49. The molecule has 1 atom stereocenters. The van der Waals surface area contributed by atoms with Crippen LogP contribution in [0.2, 0.25) is 0 Å². The van der Waals surface area contributed by atoms with Crippen LogP contribution in [0.5, 0.6) is 0 Å². The van der Waals surface area contributed by atoms with Gasteiger partial charge in [-0.25, -0.2) is 4.98 Å². The van der Waals surface area contributed by atoms with Crippen molar-refractivity contribution >= 4 is 44.0 Å². The molecule has 5 rings (SSSR count). The molecule has 1 aliphatic heterocycles. The quantitative estimate of drug-likeness (QED) is 0.427. The summed E-state index contributed by atoms with van der Waals surface area (Å²) < 4.78 is 6.75. The van der Waals surface area contributed by atoms with Crippen LogP contribution in [0.4, 0.5) is 16.5 Å². The molecule has 2 fully saturated rings. The molecular weight excluding hydrogens is 416 g/mol. The average Bonchev–Trinajstić information content (AvgIpc) is 3.26. The van der Waals surface area contributed by atoms with Crippen molar-refractivity contribution in [3.8, 4) is 0 Å². The number of benzene rings is 2. The second-order valence-corrected chi connectivity index (χ2v) is 8.93. The van der Waals surface area contributed by atoms with Gasteiger partial charge < -0.3 is 10.1 Å². The molecule has 9 heteroatoms. The molecule has 1 N–H and O–H groups in total. The second-order valence-electron chi connectivity index (χ2n) is 7.92. The molecule has 8 nitrogen and oxygen atoms in total. The Morgan fingerprint density at radius 1 is 1.26 bits per heavy atom. The molecule has 0 radical (unpaired) electrons. The molecule has 1 aromatic heterocycles. The van der Waals surface area contributed by atoms with Crippen LogP contribution in [-0.2, 0) is 4.74 Å². The lowest BCUT2D eigenvalue weighted by atomic mass is 10.1. The number of ether oxygens (including phenoxy) is 1. The van der Waals surface area contributed by atoms with E-state index in [1.807, 2.05) is 24.3 Å². The van der Waals surface area contributed by atoms with Crippen LogP contribution in [0.15, 0.2) is 42.5 Å². The molecule has 2 aromatic carbocycles. The molecular formula is C22H22N4O4S. The number of para-hydroxylation sites is 1. The number of thiazole rings is 1. The predicted molar refractivity (Wildman–Crippen MR) is 120 cm³/mol. The topological polar surface area (TPSA) is 97.6 Å². The SMILES string of the molecule is O=C(c1ccc(NC2CC2)c([N+](=O)[O-])c1)N(C[C@@H]1CCCO1)c1nc2ccccc2s1. The number of amides is 1. The fourth-order valence-corrected chi connectivity index (χ4v) is 4.73. The minimum atomic E-state index is -0.441. The third-order valence-electron chi connectivity index (χ3n) is 5.55. The van der Waals surface area contributed by atoms with Gasteiger partial charge in [0.25, 0.3) is 11.6 Å². The summed E-state index contributed by atoms with van der Waals surface area (Å²) in [7, 11) is 0. The third kappa shape index (κ3) is 4.24. The fraction of sp³-hybridized carbons (Fsp3) is 0.364. The minimum Gasteiger partial charge on any atom is -0.377 e. The van der Waals surface area contributed by atoms with Crippen molar-refractivity contribution in [2.75, 3.05) is 23.4 Å². The lowest BCUT2D eigenvalue weighted by Gasteiger charge is -2.23. The van der Waals surface area contributed by atoms with Gasteiger partial charge in [-0.15, -0.1) is 0 Å². The Kier molecular flexibility index (Phi) is 5.29. The van der Waals surface area contributed by atoms with Crippen LogP contribution >= 0.6 is 11.3 Å². The highest BCUT2D eigenvalue weighted by Gasteiger charge is 2.30. The molecule has 1 amide bonds. The van der Waals surface area contributed by atoms with E-state index in [0.29, 0.717) is 24.0 Å². The molecule has 31 heavy (non-hydrogen) atoms. The molecule has 0 unspecified atom stereocenters. The van der Waals surface area contributed by atoms with Gasteiger partial charge in [0.05, 0.1) is 27.8 Å². The number of nitrogens with zero attached hydrogens (tertiary/aromatic N) is 3. The molecule has 2 aliphatic rings. The van der Waals surface area contributed by atoms with Gasteiger partial charge in [-0.05, 0) is 49.9 Å². The summed E-state index contributed by atoms with van der Waals surface area (Å²) in [6, 6.07) is 12.6. The predicted octanol–water partition coefficient (Wildman–Crippen LogP) is 4.60. The molecule has 1 aliphatic carbocycles. The minimum absolute atomic E-state index is 0.0678. The summed E-state index contributed by atoms with van der Waals surface area (Å²) in [4.78, 5) is 31.0. The van der Waals surface area contributed by atoms with Gasteiger partial charge in [0.1, 0.15) is 5.69 Å². The molecule has 0 bridgehead atoms. The highest BCUT2D eigenvalue weighted by molar-refractivity contribution is 7.22. The number of aromatic nitrogens is 1. The van der Waals surface area contributed by atoms with Crippen molar-refractivity contribution in [1.29, 1.82) is 0 Å². The number of nitrogens with one attached hydrogen (secondary N) is 1. The van der Waals surface area contributed by atoms with Crippen LogP contribution < -0.4 is 10.2 Å². The summed E-state index contributed by atoms with van der Waals surface area (Å²) in [6.07, 6.45) is 3.77. The van der Waals surface area contributed by atoms with Crippen molar-refractivity contribution < 1.29 is 14.5 Å². The molecule has 3 aromatic rings. The number of hydrogen-bond donors (Lipinski definition) is 1. The maximum absolute atomic E-state index is 13.5. The van der Waals surface area contributed by atoms with Gasteiger partial charge in [-0.2, -0.15) is 0 Å². The molecule has 1 saturated carbocycles. The number of hydrogen-bond acceptors (Lipinski definition) is 7.